The lowest BCUT2D eigenvalue weighted by Crippen LogP contribution is -2.46. The molecule has 0 bridgehead atoms. The van der Waals surface area contributed by atoms with E-state index in [9.17, 15) is 13.6 Å². The standard InChI is InChI=1S/C16H16F2N4O/c1-11-16(12-6-13(17)8-14(18)7-12)19-9-15(20-11)22-4-2-21(10-23)3-5-22/h6-10H,2-5H2,1H3. The Morgan fingerprint density at radius 2 is 1.74 bits per heavy atom. The van der Waals surface area contributed by atoms with Crippen LogP contribution in [-0.2, 0) is 4.79 Å². The Kier molecular flexibility index (Phi) is 4.18. The second kappa shape index (κ2) is 6.28. The van der Waals surface area contributed by atoms with Gasteiger partial charge in [0.05, 0.1) is 17.6 Å². The van der Waals surface area contributed by atoms with Crippen molar-refractivity contribution in [3.8, 4) is 11.3 Å². The Morgan fingerprint density at radius 3 is 2.30 bits per heavy atom. The Balaban J connectivity index is 1.85. The summed E-state index contributed by atoms with van der Waals surface area (Å²) >= 11 is 0. The van der Waals surface area contributed by atoms with E-state index in [-0.39, 0.29) is 0 Å². The lowest BCUT2D eigenvalue weighted by molar-refractivity contribution is -0.118. The molecule has 3 rings (SSSR count). The average molecular weight is 318 g/mol. The highest BCUT2D eigenvalue weighted by molar-refractivity contribution is 5.62. The van der Waals surface area contributed by atoms with Gasteiger partial charge >= 0.3 is 0 Å². The van der Waals surface area contributed by atoms with E-state index in [1.54, 1.807) is 18.0 Å². The van der Waals surface area contributed by atoms with Gasteiger partial charge in [0.15, 0.2) is 0 Å². The third kappa shape index (κ3) is 3.28. The molecule has 0 radical (unpaired) electrons. The minimum Gasteiger partial charge on any atom is -0.352 e. The summed E-state index contributed by atoms with van der Waals surface area (Å²) in [6.45, 7) is 4.40. The number of amides is 1. The van der Waals surface area contributed by atoms with Crippen molar-refractivity contribution in [1.29, 1.82) is 0 Å². The Morgan fingerprint density at radius 1 is 1.09 bits per heavy atom. The molecule has 0 spiro atoms. The maximum absolute atomic E-state index is 13.4. The fourth-order valence-corrected chi connectivity index (χ4v) is 2.65. The zero-order chi connectivity index (χ0) is 16.4. The molecule has 7 heteroatoms. The topological polar surface area (TPSA) is 49.3 Å². The summed E-state index contributed by atoms with van der Waals surface area (Å²) < 4.78 is 26.7. The number of halogens is 2. The molecule has 1 aliphatic rings. The largest absolute Gasteiger partial charge is 0.352 e. The molecule has 1 fully saturated rings. The van der Waals surface area contributed by atoms with Crippen LogP contribution in [0.5, 0.6) is 0 Å². The third-order valence-electron chi connectivity index (χ3n) is 3.86. The number of hydrogen-bond acceptors (Lipinski definition) is 4. The van der Waals surface area contributed by atoms with Gasteiger partial charge in [-0.1, -0.05) is 0 Å². The van der Waals surface area contributed by atoms with E-state index in [4.69, 9.17) is 0 Å². The number of carbonyl (C=O) groups excluding carboxylic acids is 1. The number of rotatable bonds is 3. The highest BCUT2D eigenvalue weighted by atomic mass is 19.1. The Hall–Kier alpha value is -2.57. The molecule has 0 unspecified atom stereocenters. The van der Waals surface area contributed by atoms with Crippen LogP contribution in [-0.4, -0.2) is 47.5 Å². The van der Waals surface area contributed by atoms with Crippen molar-refractivity contribution in [2.45, 2.75) is 6.92 Å². The summed E-state index contributed by atoms with van der Waals surface area (Å²) in [5.41, 5.74) is 1.42. The highest BCUT2D eigenvalue weighted by Gasteiger charge is 2.18. The molecule has 0 N–H and O–H groups in total. The van der Waals surface area contributed by atoms with Gasteiger partial charge in [0.2, 0.25) is 6.41 Å². The van der Waals surface area contributed by atoms with Crippen molar-refractivity contribution in [3.63, 3.8) is 0 Å². The molecular formula is C16H16F2N4O. The van der Waals surface area contributed by atoms with Crippen LogP contribution in [0.3, 0.4) is 0 Å². The van der Waals surface area contributed by atoms with Crippen LogP contribution in [0.1, 0.15) is 5.69 Å². The van der Waals surface area contributed by atoms with Crippen LogP contribution in [0.4, 0.5) is 14.6 Å². The van der Waals surface area contributed by atoms with Crippen molar-refractivity contribution in [3.05, 3.63) is 41.7 Å². The Bertz CT molecular complexity index is 710. The lowest BCUT2D eigenvalue weighted by Gasteiger charge is -2.33. The van der Waals surface area contributed by atoms with Gasteiger partial charge in [-0.05, 0) is 19.1 Å². The number of benzene rings is 1. The van der Waals surface area contributed by atoms with Gasteiger partial charge in [-0.2, -0.15) is 0 Å². The van der Waals surface area contributed by atoms with Gasteiger partial charge < -0.3 is 9.80 Å². The van der Waals surface area contributed by atoms with Gasteiger partial charge in [-0.15, -0.1) is 0 Å². The van der Waals surface area contributed by atoms with Crippen molar-refractivity contribution in [2.24, 2.45) is 0 Å². The second-order valence-corrected chi connectivity index (χ2v) is 5.45. The fourth-order valence-electron chi connectivity index (χ4n) is 2.65. The summed E-state index contributed by atoms with van der Waals surface area (Å²) in [4.78, 5) is 23.3. The number of aromatic nitrogens is 2. The molecule has 1 aromatic carbocycles. The molecular weight excluding hydrogens is 302 g/mol. The van der Waals surface area contributed by atoms with Crippen LogP contribution >= 0.6 is 0 Å². The van der Waals surface area contributed by atoms with Gasteiger partial charge in [-0.25, -0.2) is 13.8 Å². The van der Waals surface area contributed by atoms with Crippen molar-refractivity contribution in [2.75, 3.05) is 31.1 Å². The lowest BCUT2D eigenvalue weighted by atomic mass is 10.1. The fraction of sp³-hybridized carbons (Fsp3) is 0.312. The molecule has 2 aromatic rings. The predicted molar refractivity (Wildman–Crippen MR) is 82.0 cm³/mol. The quantitative estimate of drug-likeness (QED) is 0.812. The molecule has 2 heterocycles. The van der Waals surface area contributed by atoms with Crippen LogP contribution in [0, 0.1) is 18.6 Å². The summed E-state index contributed by atoms with van der Waals surface area (Å²) in [7, 11) is 0. The van der Waals surface area contributed by atoms with E-state index in [0.29, 0.717) is 48.9 Å². The van der Waals surface area contributed by atoms with E-state index >= 15 is 0 Å². The number of piperazine rings is 1. The van der Waals surface area contributed by atoms with Crippen LogP contribution in [0.25, 0.3) is 11.3 Å². The normalized spacial score (nSPS) is 14.9. The first-order chi connectivity index (χ1) is 11.1. The first-order valence-electron chi connectivity index (χ1n) is 7.31. The maximum atomic E-state index is 13.4. The number of nitrogens with zero attached hydrogens (tertiary/aromatic N) is 4. The Labute approximate surface area is 132 Å². The predicted octanol–water partition coefficient (Wildman–Crippen LogP) is 2.01. The van der Waals surface area contributed by atoms with Crippen LogP contribution in [0.2, 0.25) is 0 Å². The van der Waals surface area contributed by atoms with Crippen molar-refractivity contribution in [1.82, 2.24) is 14.9 Å². The van der Waals surface area contributed by atoms with Crippen LogP contribution in [0.15, 0.2) is 24.4 Å². The summed E-state index contributed by atoms with van der Waals surface area (Å²) in [5.74, 6) is -0.584. The average Bonchev–Trinajstić information content (AvgIpc) is 2.54. The number of aryl methyl sites for hydroxylation is 1. The zero-order valence-electron chi connectivity index (χ0n) is 12.7. The summed E-state index contributed by atoms with van der Waals surface area (Å²) in [6.07, 6.45) is 2.44. The molecule has 0 saturated carbocycles. The summed E-state index contributed by atoms with van der Waals surface area (Å²) in [6, 6.07) is 3.30. The van der Waals surface area contributed by atoms with Crippen LogP contribution < -0.4 is 4.90 Å². The van der Waals surface area contributed by atoms with Crippen molar-refractivity contribution >= 4 is 12.2 Å². The number of carbonyl (C=O) groups is 1. The molecule has 1 saturated heterocycles. The van der Waals surface area contributed by atoms with Gasteiger partial charge in [0.25, 0.3) is 0 Å². The molecule has 120 valence electrons. The third-order valence-corrected chi connectivity index (χ3v) is 3.86. The maximum Gasteiger partial charge on any atom is 0.209 e. The molecule has 1 aromatic heterocycles. The first-order valence-corrected chi connectivity index (χ1v) is 7.31. The van der Waals surface area contributed by atoms with E-state index in [1.807, 2.05) is 4.90 Å². The minimum atomic E-state index is -0.643. The highest BCUT2D eigenvalue weighted by Crippen LogP contribution is 2.24. The van der Waals surface area contributed by atoms with E-state index < -0.39 is 11.6 Å². The van der Waals surface area contributed by atoms with E-state index in [2.05, 4.69) is 9.97 Å². The monoisotopic (exact) mass is 318 g/mol. The van der Waals surface area contributed by atoms with Gasteiger partial charge in [0, 0.05) is 37.8 Å². The van der Waals surface area contributed by atoms with Crippen molar-refractivity contribution < 1.29 is 13.6 Å². The summed E-state index contributed by atoms with van der Waals surface area (Å²) in [5, 5.41) is 0. The zero-order valence-corrected chi connectivity index (χ0v) is 12.7. The molecule has 1 amide bonds. The smallest absolute Gasteiger partial charge is 0.209 e. The number of anilines is 1. The molecule has 23 heavy (non-hydrogen) atoms. The first kappa shape index (κ1) is 15.3. The second-order valence-electron chi connectivity index (χ2n) is 5.45. The van der Waals surface area contributed by atoms with E-state index in [0.717, 1.165) is 12.5 Å². The molecule has 1 aliphatic heterocycles. The molecule has 0 atom stereocenters. The van der Waals surface area contributed by atoms with Gasteiger partial charge in [-0.3, -0.25) is 9.78 Å². The molecule has 5 nitrogen and oxygen atoms in total. The number of hydrogen-bond donors (Lipinski definition) is 0. The van der Waals surface area contributed by atoms with Gasteiger partial charge in [0.1, 0.15) is 17.5 Å². The minimum absolute atomic E-state index is 0.366. The van der Waals surface area contributed by atoms with E-state index in [1.165, 1.54) is 12.1 Å². The SMILES string of the molecule is Cc1nc(N2CCN(C=O)CC2)cnc1-c1cc(F)cc(F)c1. The molecule has 0 aliphatic carbocycles.